The number of ether oxygens (including phenoxy) is 1. The molecule has 0 atom stereocenters. The zero-order chi connectivity index (χ0) is 24.6. The standard InChI is InChI=1S/C19H20ClF3N4O5S/c1-26-15(18(29)32-2)10-16(25-26)24-17(28)11-5-7-27(8-6-11)33(30,31)12-3-4-14(20)13(9-12)19(21,22)23/h3-4,9-11H,5-8H2,1-2H3,(H,24,25,28). The number of hydrogen-bond donors (Lipinski definition) is 1. The Morgan fingerprint density at radius 1 is 1.21 bits per heavy atom. The first-order chi connectivity index (χ1) is 15.3. The van der Waals surface area contributed by atoms with Crippen LogP contribution in [0.5, 0.6) is 0 Å². The second kappa shape index (κ2) is 9.31. The Balaban J connectivity index is 1.67. The van der Waals surface area contributed by atoms with Crippen molar-refractivity contribution in [2.45, 2.75) is 23.9 Å². The highest BCUT2D eigenvalue weighted by Crippen LogP contribution is 2.36. The summed E-state index contributed by atoms with van der Waals surface area (Å²) in [6.07, 6.45) is -4.49. The van der Waals surface area contributed by atoms with Gasteiger partial charge in [0.15, 0.2) is 5.82 Å². The number of esters is 1. The van der Waals surface area contributed by atoms with E-state index >= 15 is 0 Å². The van der Waals surface area contributed by atoms with Gasteiger partial charge in [-0.2, -0.15) is 22.6 Å². The molecule has 3 rings (SSSR count). The molecule has 1 aromatic heterocycles. The second-order valence-electron chi connectivity index (χ2n) is 7.34. The van der Waals surface area contributed by atoms with Crippen LogP contribution in [0.15, 0.2) is 29.2 Å². The summed E-state index contributed by atoms with van der Waals surface area (Å²) in [5, 5.41) is 6.00. The van der Waals surface area contributed by atoms with Crippen LogP contribution >= 0.6 is 11.6 Å². The normalized spacial score (nSPS) is 15.9. The van der Waals surface area contributed by atoms with E-state index < -0.39 is 49.5 Å². The fourth-order valence-corrected chi connectivity index (χ4v) is 5.16. The number of benzene rings is 1. The Morgan fingerprint density at radius 2 is 1.85 bits per heavy atom. The Hall–Kier alpha value is -2.64. The van der Waals surface area contributed by atoms with Gasteiger partial charge in [0.25, 0.3) is 0 Å². The summed E-state index contributed by atoms with van der Waals surface area (Å²) in [4.78, 5) is 23.7. The van der Waals surface area contributed by atoms with E-state index in [-0.39, 0.29) is 37.4 Å². The van der Waals surface area contributed by atoms with Gasteiger partial charge in [0.05, 0.1) is 22.6 Å². The number of piperidine rings is 1. The van der Waals surface area contributed by atoms with E-state index in [4.69, 9.17) is 11.6 Å². The van der Waals surface area contributed by atoms with Crippen molar-refractivity contribution < 1.29 is 35.9 Å². The highest BCUT2D eigenvalue weighted by Gasteiger charge is 2.37. The quantitative estimate of drug-likeness (QED) is 0.622. The minimum atomic E-state index is -4.80. The van der Waals surface area contributed by atoms with Crippen LogP contribution in [0.1, 0.15) is 28.9 Å². The number of nitrogens with one attached hydrogen (secondary N) is 1. The van der Waals surface area contributed by atoms with Crippen LogP contribution in [-0.4, -0.2) is 54.6 Å². The lowest BCUT2D eigenvalue weighted by atomic mass is 9.97. The first-order valence-electron chi connectivity index (χ1n) is 9.64. The van der Waals surface area contributed by atoms with Crippen LogP contribution in [0.3, 0.4) is 0 Å². The molecule has 1 aromatic carbocycles. The van der Waals surface area contributed by atoms with Crippen molar-refractivity contribution in [2.75, 3.05) is 25.5 Å². The molecule has 1 amide bonds. The Morgan fingerprint density at radius 3 is 2.42 bits per heavy atom. The summed E-state index contributed by atoms with van der Waals surface area (Å²) in [6, 6.07) is 3.77. The zero-order valence-corrected chi connectivity index (χ0v) is 19.1. The van der Waals surface area contributed by atoms with E-state index in [0.717, 1.165) is 16.4 Å². The third-order valence-corrected chi connectivity index (χ3v) is 7.46. The van der Waals surface area contributed by atoms with Crippen LogP contribution in [0.2, 0.25) is 5.02 Å². The number of carbonyl (C=O) groups is 2. The molecule has 0 radical (unpaired) electrons. The van der Waals surface area contributed by atoms with Crippen LogP contribution in [-0.2, 0) is 32.8 Å². The summed E-state index contributed by atoms with van der Waals surface area (Å²) in [7, 11) is -1.49. The minimum absolute atomic E-state index is 0.0555. The average Bonchev–Trinajstić information content (AvgIpc) is 3.12. The fourth-order valence-electron chi connectivity index (χ4n) is 3.44. The summed E-state index contributed by atoms with van der Waals surface area (Å²) in [5.41, 5.74) is -1.10. The Kier molecular flexibility index (Phi) is 7.05. The molecule has 0 unspecified atom stereocenters. The molecule has 1 aliphatic heterocycles. The zero-order valence-electron chi connectivity index (χ0n) is 17.5. The smallest absolute Gasteiger partial charge is 0.417 e. The number of methoxy groups -OCH3 is 1. The van der Waals surface area contributed by atoms with Crippen molar-refractivity contribution in [3.05, 3.63) is 40.5 Å². The van der Waals surface area contributed by atoms with E-state index in [1.807, 2.05) is 0 Å². The van der Waals surface area contributed by atoms with E-state index in [1.165, 1.54) is 24.9 Å². The number of carbonyl (C=O) groups excluding carboxylic acids is 2. The van der Waals surface area contributed by atoms with Crippen molar-refractivity contribution in [3.63, 3.8) is 0 Å². The lowest BCUT2D eigenvalue weighted by molar-refractivity contribution is -0.137. The number of amides is 1. The fraction of sp³-hybridized carbons (Fsp3) is 0.421. The Bertz CT molecular complexity index is 1170. The average molecular weight is 509 g/mol. The monoisotopic (exact) mass is 508 g/mol. The van der Waals surface area contributed by atoms with Crippen LogP contribution in [0.4, 0.5) is 19.0 Å². The number of alkyl halides is 3. The molecule has 180 valence electrons. The van der Waals surface area contributed by atoms with Gasteiger partial charge in [0.1, 0.15) is 5.69 Å². The lowest BCUT2D eigenvalue weighted by Gasteiger charge is -2.30. The maximum Gasteiger partial charge on any atom is 0.417 e. The number of nitrogens with zero attached hydrogens (tertiary/aromatic N) is 3. The van der Waals surface area contributed by atoms with Gasteiger partial charge < -0.3 is 10.1 Å². The molecule has 1 fully saturated rings. The van der Waals surface area contributed by atoms with Gasteiger partial charge in [-0.1, -0.05) is 11.6 Å². The molecule has 1 saturated heterocycles. The molecule has 1 aliphatic rings. The third-order valence-electron chi connectivity index (χ3n) is 5.23. The number of rotatable bonds is 5. The SMILES string of the molecule is COC(=O)c1cc(NC(=O)C2CCN(S(=O)(=O)c3ccc(Cl)c(C(F)(F)F)c3)CC2)nn1C. The van der Waals surface area contributed by atoms with Crippen LogP contribution in [0, 0.1) is 5.92 Å². The van der Waals surface area contributed by atoms with Crippen molar-refractivity contribution in [1.29, 1.82) is 0 Å². The highest BCUT2D eigenvalue weighted by atomic mass is 35.5. The van der Waals surface area contributed by atoms with E-state index in [9.17, 15) is 31.2 Å². The molecule has 0 bridgehead atoms. The summed E-state index contributed by atoms with van der Waals surface area (Å²) < 4.78 is 71.9. The van der Waals surface area contributed by atoms with Gasteiger partial charge >= 0.3 is 12.1 Å². The topological polar surface area (TPSA) is 111 Å². The van der Waals surface area contributed by atoms with Gasteiger partial charge in [-0.25, -0.2) is 13.2 Å². The molecule has 14 heteroatoms. The number of hydrogen-bond acceptors (Lipinski definition) is 6. The first-order valence-corrected chi connectivity index (χ1v) is 11.5. The number of aryl methyl sites for hydroxylation is 1. The minimum Gasteiger partial charge on any atom is -0.464 e. The maximum atomic E-state index is 13.1. The molecule has 0 aliphatic carbocycles. The number of anilines is 1. The van der Waals surface area contributed by atoms with Crippen LogP contribution < -0.4 is 5.32 Å². The van der Waals surface area contributed by atoms with Crippen molar-refractivity contribution in [3.8, 4) is 0 Å². The van der Waals surface area contributed by atoms with E-state index in [2.05, 4.69) is 15.2 Å². The lowest BCUT2D eigenvalue weighted by Crippen LogP contribution is -2.41. The number of halogens is 4. The number of sulfonamides is 1. The van der Waals surface area contributed by atoms with Crippen molar-refractivity contribution >= 4 is 39.3 Å². The molecule has 0 spiro atoms. The first kappa shape index (κ1) is 25.0. The van der Waals surface area contributed by atoms with Gasteiger partial charge in [-0.15, -0.1) is 0 Å². The Labute approximate surface area is 192 Å². The largest absolute Gasteiger partial charge is 0.464 e. The maximum absolute atomic E-state index is 13.1. The van der Waals surface area contributed by atoms with E-state index in [0.29, 0.717) is 6.07 Å². The van der Waals surface area contributed by atoms with Gasteiger partial charge in [0.2, 0.25) is 15.9 Å². The van der Waals surface area contributed by atoms with E-state index in [1.54, 1.807) is 0 Å². The van der Waals surface area contributed by atoms with Crippen molar-refractivity contribution in [1.82, 2.24) is 14.1 Å². The molecule has 0 saturated carbocycles. The summed E-state index contributed by atoms with van der Waals surface area (Å²) in [6.45, 7) is -0.111. The molecule has 1 N–H and O–H groups in total. The molecule has 33 heavy (non-hydrogen) atoms. The molecule has 2 heterocycles. The predicted octanol–water partition coefficient (Wildman–Crippen LogP) is 2.92. The summed E-state index contributed by atoms with van der Waals surface area (Å²) >= 11 is 5.57. The highest BCUT2D eigenvalue weighted by molar-refractivity contribution is 7.89. The number of aromatic nitrogens is 2. The molecule has 9 nitrogen and oxygen atoms in total. The molecular weight excluding hydrogens is 489 g/mol. The van der Waals surface area contributed by atoms with Gasteiger partial charge in [-0.3, -0.25) is 9.48 Å². The third kappa shape index (κ3) is 5.31. The second-order valence-corrected chi connectivity index (χ2v) is 9.68. The van der Waals surface area contributed by atoms with Crippen molar-refractivity contribution in [2.24, 2.45) is 13.0 Å². The van der Waals surface area contributed by atoms with Gasteiger partial charge in [-0.05, 0) is 31.0 Å². The summed E-state index contributed by atoms with van der Waals surface area (Å²) in [5.74, 6) is -1.44. The molecule has 2 aromatic rings. The van der Waals surface area contributed by atoms with Gasteiger partial charge in [0, 0.05) is 32.1 Å². The molecular formula is C19H20ClF3N4O5S. The van der Waals surface area contributed by atoms with Crippen LogP contribution in [0.25, 0.3) is 0 Å². The predicted molar refractivity (Wildman–Crippen MR) is 111 cm³/mol.